The molecule has 6 nitrogen and oxygen atoms in total. The van der Waals surface area contributed by atoms with Gasteiger partial charge in [-0.2, -0.15) is 8.42 Å². The minimum atomic E-state index is -4.03. The van der Waals surface area contributed by atoms with E-state index in [1.807, 2.05) is 6.92 Å². The lowest BCUT2D eigenvalue weighted by molar-refractivity contribution is -0.114. The maximum Gasteiger partial charge on any atom is 0.297 e. The number of nitrogens with one attached hydrogen (secondary N) is 1. The molecule has 1 amide bonds. The molecule has 7 heteroatoms. The summed E-state index contributed by atoms with van der Waals surface area (Å²) in [6.07, 6.45) is -1.17. The molecule has 0 heterocycles. The summed E-state index contributed by atoms with van der Waals surface area (Å²) < 4.78 is 29.5. The predicted molar refractivity (Wildman–Crippen MR) is 94.0 cm³/mol. The number of rotatable bonds is 6. The van der Waals surface area contributed by atoms with E-state index in [1.165, 1.54) is 38.1 Å². The molecule has 132 valence electrons. The van der Waals surface area contributed by atoms with Crippen LogP contribution in [0.15, 0.2) is 53.4 Å². The van der Waals surface area contributed by atoms with Crippen molar-refractivity contribution in [2.75, 3.05) is 5.32 Å². The molecule has 25 heavy (non-hydrogen) atoms. The standard InChI is InChI=1S/C18H19NO5S/c1-12-4-10-17(11-5-12)25(22,23)24-13(2)18(21)15-6-8-16(9-7-15)19-14(3)20/h4-11,13H,1-3H3,(H,19,20). The van der Waals surface area contributed by atoms with Crippen molar-refractivity contribution in [3.05, 3.63) is 59.7 Å². The van der Waals surface area contributed by atoms with Crippen molar-refractivity contribution in [1.82, 2.24) is 0 Å². The Kier molecular flexibility index (Phi) is 5.71. The van der Waals surface area contributed by atoms with Crippen molar-refractivity contribution >= 4 is 27.5 Å². The molecule has 0 saturated heterocycles. The molecule has 0 aliphatic rings. The van der Waals surface area contributed by atoms with Gasteiger partial charge in [-0.1, -0.05) is 17.7 Å². The molecule has 2 rings (SSSR count). The minimum absolute atomic E-state index is 0.00115. The van der Waals surface area contributed by atoms with Crippen molar-refractivity contribution < 1.29 is 22.2 Å². The average Bonchev–Trinajstić information content (AvgIpc) is 2.54. The third-order valence-electron chi connectivity index (χ3n) is 3.44. The molecule has 2 aromatic rings. The molecule has 1 N–H and O–H groups in total. The van der Waals surface area contributed by atoms with E-state index in [0.29, 0.717) is 11.3 Å². The maximum atomic E-state index is 12.4. The van der Waals surface area contributed by atoms with Crippen LogP contribution in [0.4, 0.5) is 5.69 Å². The van der Waals surface area contributed by atoms with Gasteiger partial charge in [0, 0.05) is 18.2 Å². The summed E-state index contributed by atoms with van der Waals surface area (Å²) >= 11 is 0. The summed E-state index contributed by atoms with van der Waals surface area (Å²) in [5.41, 5.74) is 1.76. The van der Waals surface area contributed by atoms with Crippen LogP contribution >= 0.6 is 0 Å². The molecular weight excluding hydrogens is 342 g/mol. The van der Waals surface area contributed by atoms with E-state index >= 15 is 0 Å². The SMILES string of the molecule is CC(=O)Nc1ccc(C(=O)C(C)OS(=O)(=O)c2ccc(C)cc2)cc1. The van der Waals surface area contributed by atoms with Gasteiger partial charge in [-0.15, -0.1) is 0 Å². The summed E-state index contributed by atoms with van der Waals surface area (Å²) in [4.78, 5) is 23.4. The molecule has 0 aliphatic carbocycles. The van der Waals surface area contributed by atoms with Crippen LogP contribution in [-0.4, -0.2) is 26.2 Å². The third kappa shape index (κ3) is 4.98. The third-order valence-corrected chi connectivity index (χ3v) is 4.83. The number of anilines is 1. The summed E-state index contributed by atoms with van der Waals surface area (Å²) in [5, 5.41) is 2.59. The first-order chi connectivity index (χ1) is 11.7. The second kappa shape index (κ2) is 7.58. The molecule has 1 atom stereocenters. The Morgan fingerprint density at radius 3 is 2.08 bits per heavy atom. The van der Waals surface area contributed by atoms with Crippen LogP contribution in [0, 0.1) is 6.92 Å². The highest BCUT2D eigenvalue weighted by atomic mass is 32.2. The maximum absolute atomic E-state index is 12.4. The van der Waals surface area contributed by atoms with Crippen LogP contribution in [0.1, 0.15) is 29.8 Å². The van der Waals surface area contributed by atoms with Crippen molar-refractivity contribution in [2.45, 2.75) is 31.8 Å². The number of Topliss-reactive ketones (excluding diaryl/α,β-unsaturated/α-hetero) is 1. The zero-order chi connectivity index (χ0) is 18.6. The summed E-state index contributed by atoms with van der Waals surface area (Å²) in [6.45, 7) is 4.61. The quantitative estimate of drug-likeness (QED) is 0.631. The zero-order valence-electron chi connectivity index (χ0n) is 14.1. The van der Waals surface area contributed by atoms with Crippen LogP contribution in [0.3, 0.4) is 0 Å². The Bertz CT molecular complexity index is 871. The molecule has 2 aromatic carbocycles. The first-order valence-electron chi connectivity index (χ1n) is 7.61. The number of ketones is 1. The second-order valence-electron chi connectivity index (χ2n) is 5.63. The lowest BCUT2D eigenvalue weighted by atomic mass is 10.1. The van der Waals surface area contributed by atoms with Gasteiger partial charge in [0.1, 0.15) is 6.10 Å². The summed E-state index contributed by atoms with van der Waals surface area (Å²) in [6, 6.07) is 12.3. The van der Waals surface area contributed by atoms with Crippen LogP contribution in [0.25, 0.3) is 0 Å². The van der Waals surface area contributed by atoms with E-state index in [-0.39, 0.29) is 10.8 Å². The fourth-order valence-corrected chi connectivity index (χ4v) is 3.20. The van der Waals surface area contributed by atoms with Crippen molar-refractivity contribution in [2.24, 2.45) is 0 Å². The normalized spacial score (nSPS) is 12.4. The van der Waals surface area contributed by atoms with Crippen molar-refractivity contribution in [3.8, 4) is 0 Å². The van der Waals surface area contributed by atoms with Gasteiger partial charge in [0.2, 0.25) is 5.91 Å². The van der Waals surface area contributed by atoms with Crippen LogP contribution in [0.2, 0.25) is 0 Å². The highest BCUT2D eigenvalue weighted by molar-refractivity contribution is 7.86. The Balaban J connectivity index is 2.11. The van der Waals surface area contributed by atoms with E-state index in [0.717, 1.165) is 5.56 Å². The Labute approximate surface area is 146 Å². The molecule has 0 radical (unpaired) electrons. The van der Waals surface area contributed by atoms with Gasteiger partial charge < -0.3 is 5.32 Å². The number of aryl methyl sites for hydroxylation is 1. The fraction of sp³-hybridized carbons (Fsp3) is 0.222. The van der Waals surface area contributed by atoms with E-state index in [1.54, 1.807) is 24.3 Å². The number of hydrogen-bond acceptors (Lipinski definition) is 5. The Morgan fingerprint density at radius 1 is 1.00 bits per heavy atom. The molecule has 0 aliphatic heterocycles. The number of carbonyl (C=O) groups excluding carboxylic acids is 2. The first kappa shape index (κ1) is 18.8. The molecule has 0 fully saturated rings. The highest BCUT2D eigenvalue weighted by Crippen LogP contribution is 2.18. The van der Waals surface area contributed by atoms with Gasteiger partial charge in [-0.3, -0.25) is 13.8 Å². The molecular formula is C18H19NO5S. The zero-order valence-corrected chi connectivity index (χ0v) is 15.0. The molecule has 0 saturated carbocycles. The number of hydrogen-bond donors (Lipinski definition) is 1. The van der Waals surface area contributed by atoms with E-state index in [4.69, 9.17) is 4.18 Å². The smallest absolute Gasteiger partial charge is 0.297 e. The van der Waals surface area contributed by atoms with Crippen molar-refractivity contribution in [1.29, 1.82) is 0 Å². The van der Waals surface area contributed by atoms with Gasteiger partial charge in [-0.05, 0) is 50.2 Å². The van der Waals surface area contributed by atoms with E-state index in [2.05, 4.69) is 5.32 Å². The number of amides is 1. The van der Waals surface area contributed by atoms with Crippen molar-refractivity contribution in [3.63, 3.8) is 0 Å². The van der Waals surface area contributed by atoms with Gasteiger partial charge in [0.05, 0.1) is 4.90 Å². The first-order valence-corrected chi connectivity index (χ1v) is 9.02. The van der Waals surface area contributed by atoms with Gasteiger partial charge in [0.25, 0.3) is 10.1 Å². The monoisotopic (exact) mass is 361 g/mol. The average molecular weight is 361 g/mol. The van der Waals surface area contributed by atoms with Gasteiger partial charge in [-0.25, -0.2) is 0 Å². The van der Waals surface area contributed by atoms with Crippen LogP contribution in [-0.2, 0) is 19.1 Å². The number of benzene rings is 2. The fourth-order valence-electron chi connectivity index (χ4n) is 2.15. The largest absolute Gasteiger partial charge is 0.326 e. The van der Waals surface area contributed by atoms with Crippen LogP contribution < -0.4 is 5.32 Å². The second-order valence-corrected chi connectivity index (χ2v) is 7.20. The Morgan fingerprint density at radius 2 is 1.56 bits per heavy atom. The lowest BCUT2D eigenvalue weighted by Crippen LogP contribution is -2.24. The topological polar surface area (TPSA) is 89.5 Å². The predicted octanol–water partition coefficient (Wildman–Crippen LogP) is 2.93. The van der Waals surface area contributed by atoms with Crippen LogP contribution in [0.5, 0.6) is 0 Å². The van der Waals surface area contributed by atoms with Gasteiger partial charge >= 0.3 is 0 Å². The van der Waals surface area contributed by atoms with E-state index < -0.39 is 22.0 Å². The summed E-state index contributed by atoms with van der Waals surface area (Å²) in [5.74, 6) is -0.690. The number of carbonyl (C=O) groups is 2. The highest BCUT2D eigenvalue weighted by Gasteiger charge is 2.24. The minimum Gasteiger partial charge on any atom is -0.326 e. The molecule has 1 unspecified atom stereocenters. The van der Waals surface area contributed by atoms with E-state index in [9.17, 15) is 18.0 Å². The molecule has 0 bridgehead atoms. The molecule has 0 spiro atoms. The van der Waals surface area contributed by atoms with Gasteiger partial charge in [0.15, 0.2) is 5.78 Å². The lowest BCUT2D eigenvalue weighted by Gasteiger charge is -2.13. The molecule has 0 aromatic heterocycles. The Hall–Kier alpha value is -2.51. The summed E-state index contributed by atoms with van der Waals surface area (Å²) in [7, 11) is -4.03.